The molecule has 2 nitrogen and oxygen atoms in total. The Morgan fingerprint density at radius 3 is 2.45 bits per heavy atom. The number of carbonyl (C=O) groups excluding carboxylic acids is 1. The van der Waals surface area contributed by atoms with E-state index in [4.69, 9.17) is 23.2 Å². The van der Waals surface area contributed by atoms with Crippen LogP contribution in [0.15, 0.2) is 53.0 Å². The Morgan fingerprint density at radius 1 is 1.10 bits per heavy atom. The average Bonchev–Trinajstić information content (AvgIpc) is 2.35. The molecule has 0 radical (unpaired) electrons. The van der Waals surface area contributed by atoms with Crippen molar-refractivity contribution in [2.75, 3.05) is 5.32 Å². The molecule has 0 aliphatic rings. The molecular weight excluding hydrogens is 361 g/mol. The predicted molar refractivity (Wildman–Crippen MR) is 88.3 cm³/mol. The van der Waals surface area contributed by atoms with Crippen LogP contribution in [0.3, 0.4) is 0 Å². The minimum absolute atomic E-state index is 0.247. The third-order valence-corrected chi connectivity index (χ3v) is 3.34. The van der Waals surface area contributed by atoms with Gasteiger partial charge in [0.05, 0.1) is 0 Å². The van der Waals surface area contributed by atoms with Gasteiger partial charge in [-0.3, -0.25) is 4.79 Å². The van der Waals surface area contributed by atoms with E-state index in [1.165, 1.54) is 6.08 Å². The van der Waals surface area contributed by atoms with Crippen molar-refractivity contribution >= 4 is 56.8 Å². The molecule has 20 heavy (non-hydrogen) atoms. The van der Waals surface area contributed by atoms with Crippen molar-refractivity contribution in [2.45, 2.75) is 0 Å². The topological polar surface area (TPSA) is 29.1 Å². The fraction of sp³-hybridized carbons (Fsp3) is 0. The molecule has 0 unspecified atom stereocenters. The number of halogens is 3. The summed E-state index contributed by atoms with van der Waals surface area (Å²) in [5.41, 5.74) is 1.49. The lowest BCUT2D eigenvalue weighted by Crippen LogP contribution is -2.07. The van der Waals surface area contributed by atoms with Crippen molar-refractivity contribution in [2.24, 2.45) is 0 Å². The summed E-state index contributed by atoms with van der Waals surface area (Å²) < 4.78 is 0.960. The molecular formula is C15H10BrCl2NO. The highest BCUT2D eigenvalue weighted by molar-refractivity contribution is 9.10. The van der Waals surface area contributed by atoms with Crippen molar-refractivity contribution < 1.29 is 4.79 Å². The summed E-state index contributed by atoms with van der Waals surface area (Å²) in [6.45, 7) is 0. The minimum atomic E-state index is -0.247. The molecule has 0 saturated carbocycles. The number of benzene rings is 2. The van der Waals surface area contributed by atoms with Gasteiger partial charge in [0, 0.05) is 26.3 Å². The van der Waals surface area contributed by atoms with Crippen LogP contribution in [0.2, 0.25) is 10.0 Å². The van der Waals surface area contributed by atoms with Gasteiger partial charge in [-0.25, -0.2) is 0 Å². The Kier molecular flexibility index (Phi) is 5.24. The molecule has 0 aliphatic carbocycles. The highest BCUT2D eigenvalue weighted by Crippen LogP contribution is 2.22. The highest BCUT2D eigenvalue weighted by atomic mass is 79.9. The normalized spacial score (nSPS) is 10.8. The first-order valence-electron chi connectivity index (χ1n) is 5.74. The summed E-state index contributed by atoms with van der Waals surface area (Å²) in [5.74, 6) is -0.247. The number of rotatable bonds is 3. The van der Waals surface area contributed by atoms with E-state index in [9.17, 15) is 4.79 Å². The zero-order valence-corrected chi connectivity index (χ0v) is 13.3. The van der Waals surface area contributed by atoms with Gasteiger partial charge in [0.1, 0.15) is 0 Å². The van der Waals surface area contributed by atoms with E-state index in [0.717, 1.165) is 10.0 Å². The van der Waals surface area contributed by atoms with Gasteiger partial charge >= 0.3 is 0 Å². The quantitative estimate of drug-likeness (QED) is 0.719. The van der Waals surface area contributed by atoms with E-state index in [1.54, 1.807) is 24.3 Å². The van der Waals surface area contributed by atoms with Crippen LogP contribution in [-0.4, -0.2) is 5.91 Å². The molecule has 1 amide bonds. The number of amides is 1. The zero-order chi connectivity index (χ0) is 14.5. The van der Waals surface area contributed by atoms with E-state index < -0.39 is 0 Å². The van der Waals surface area contributed by atoms with Crippen LogP contribution < -0.4 is 5.32 Å². The minimum Gasteiger partial charge on any atom is -0.322 e. The number of carbonyl (C=O) groups is 1. The molecule has 0 heterocycles. The van der Waals surface area contributed by atoms with E-state index in [2.05, 4.69) is 21.2 Å². The van der Waals surface area contributed by atoms with Crippen LogP contribution in [0.25, 0.3) is 6.08 Å². The van der Waals surface area contributed by atoms with Gasteiger partial charge in [-0.15, -0.1) is 0 Å². The van der Waals surface area contributed by atoms with Crippen LogP contribution in [0, 0.1) is 0 Å². The maximum atomic E-state index is 11.8. The van der Waals surface area contributed by atoms with Gasteiger partial charge in [-0.05, 0) is 42.0 Å². The second-order valence-electron chi connectivity index (χ2n) is 4.04. The molecule has 102 valence electrons. The van der Waals surface area contributed by atoms with E-state index >= 15 is 0 Å². The van der Waals surface area contributed by atoms with Gasteiger partial charge in [0.15, 0.2) is 0 Å². The van der Waals surface area contributed by atoms with Crippen LogP contribution in [0.4, 0.5) is 5.69 Å². The van der Waals surface area contributed by atoms with Gasteiger partial charge < -0.3 is 5.32 Å². The molecule has 0 aromatic heterocycles. The first-order chi connectivity index (χ1) is 9.52. The Morgan fingerprint density at radius 2 is 1.80 bits per heavy atom. The molecule has 0 bridgehead atoms. The fourth-order valence-corrected chi connectivity index (χ4v) is 2.54. The Balaban J connectivity index is 2.05. The average molecular weight is 371 g/mol. The van der Waals surface area contributed by atoms with E-state index in [1.807, 2.05) is 24.3 Å². The number of nitrogens with one attached hydrogen (secondary N) is 1. The summed E-state index contributed by atoms with van der Waals surface area (Å²) in [4.78, 5) is 11.8. The maximum absolute atomic E-state index is 11.8. The summed E-state index contributed by atoms with van der Waals surface area (Å²) >= 11 is 15.1. The van der Waals surface area contributed by atoms with Crippen molar-refractivity contribution in [1.29, 1.82) is 0 Å². The monoisotopic (exact) mass is 369 g/mol. The predicted octanol–water partition coefficient (Wildman–Crippen LogP) is 5.41. The van der Waals surface area contributed by atoms with Crippen LogP contribution in [-0.2, 0) is 4.79 Å². The second-order valence-corrected chi connectivity index (χ2v) is 5.82. The standard InChI is InChI=1S/C15H10BrCl2NO/c16-11-3-1-2-10(6-11)4-5-15(20)19-14-8-12(17)7-13(18)9-14/h1-9H,(H,19,20). The van der Waals surface area contributed by atoms with Crippen molar-refractivity contribution in [3.63, 3.8) is 0 Å². The Hall–Kier alpha value is -1.29. The third kappa shape index (κ3) is 4.67. The maximum Gasteiger partial charge on any atom is 0.248 e. The smallest absolute Gasteiger partial charge is 0.248 e. The van der Waals surface area contributed by atoms with Gasteiger partial charge in [0.25, 0.3) is 0 Å². The summed E-state index contributed by atoms with van der Waals surface area (Å²) in [6, 6.07) is 12.5. The SMILES string of the molecule is O=C(C=Cc1cccc(Br)c1)Nc1cc(Cl)cc(Cl)c1. The van der Waals surface area contributed by atoms with Gasteiger partial charge in [0.2, 0.25) is 5.91 Å². The number of hydrogen-bond donors (Lipinski definition) is 1. The molecule has 2 aromatic rings. The molecule has 5 heteroatoms. The lowest BCUT2D eigenvalue weighted by molar-refractivity contribution is -0.111. The van der Waals surface area contributed by atoms with Gasteiger partial charge in [-0.1, -0.05) is 51.3 Å². The van der Waals surface area contributed by atoms with Gasteiger partial charge in [-0.2, -0.15) is 0 Å². The summed E-state index contributed by atoms with van der Waals surface area (Å²) in [6.07, 6.45) is 3.18. The van der Waals surface area contributed by atoms with Crippen LogP contribution in [0.5, 0.6) is 0 Å². The van der Waals surface area contributed by atoms with E-state index in [0.29, 0.717) is 15.7 Å². The molecule has 0 atom stereocenters. The molecule has 0 spiro atoms. The second kappa shape index (κ2) is 6.93. The van der Waals surface area contributed by atoms with Crippen molar-refractivity contribution in [3.05, 3.63) is 68.6 Å². The highest BCUT2D eigenvalue weighted by Gasteiger charge is 2.01. The largest absolute Gasteiger partial charge is 0.322 e. The molecule has 0 aliphatic heterocycles. The lowest BCUT2D eigenvalue weighted by atomic mass is 10.2. The Labute approximate surface area is 135 Å². The molecule has 0 saturated heterocycles. The summed E-state index contributed by atoms with van der Waals surface area (Å²) in [7, 11) is 0. The first kappa shape index (κ1) is 15.1. The lowest BCUT2D eigenvalue weighted by Gasteiger charge is -2.03. The number of hydrogen-bond acceptors (Lipinski definition) is 1. The number of anilines is 1. The third-order valence-electron chi connectivity index (χ3n) is 2.41. The fourth-order valence-electron chi connectivity index (χ4n) is 1.59. The molecule has 2 rings (SSSR count). The van der Waals surface area contributed by atoms with Crippen molar-refractivity contribution in [3.8, 4) is 0 Å². The zero-order valence-electron chi connectivity index (χ0n) is 10.2. The van der Waals surface area contributed by atoms with Crippen LogP contribution in [0.1, 0.15) is 5.56 Å². The Bertz CT molecular complexity index is 650. The molecule has 0 fully saturated rings. The summed E-state index contributed by atoms with van der Waals surface area (Å²) in [5, 5.41) is 3.65. The van der Waals surface area contributed by atoms with E-state index in [-0.39, 0.29) is 5.91 Å². The van der Waals surface area contributed by atoms with Crippen molar-refractivity contribution in [1.82, 2.24) is 0 Å². The van der Waals surface area contributed by atoms with Crippen LogP contribution >= 0.6 is 39.1 Å². The molecule has 1 N–H and O–H groups in total. The molecule has 2 aromatic carbocycles. The first-order valence-corrected chi connectivity index (χ1v) is 7.28.